The molecule has 0 rings (SSSR count). The molecule has 0 unspecified atom stereocenters. The fourth-order valence-electron chi connectivity index (χ4n) is 1.08. The lowest BCUT2D eigenvalue weighted by molar-refractivity contribution is -0.128. The molecule has 1 amide bonds. The van der Waals surface area contributed by atoms with Crippen LogP contribution in [0.3, 0.4) is 0 Å². The standard InChI is InChI=1S/C10H19NO/c1-4-7-8-9-10(12)11(5-2)6-3/h5H,2,4,6-9H2,1,3H3. The van der Waals surface area contributed by atoms with Gasteiger partial charge in [-0.05, 0) is 19.5 Å². The Balaban J connectivity index is 3.62. The summed E-state index contributed by atoms with van der Waals surface area (Å²) in [6.07, 6.45) is 5.57. The molecule has 0 aromatic carbocycles. The number of hydrogen-bond donors (Lipinski definition) is 0. The molecule has 0 aromatic rings. The monoisotopic (exact) mass is 169 g/mol. The smallest absolute Gasteiger partial charge is 0.226 e. The van der Waals surface area contributed by atoms with Crippen LogP contribution in [0.1, 0.15) is 39.5 Å². The molecule has 70 valence electrons. The molecule has 0 aromatic heterocycles. The van der Waals surface area contributed by atoms with Gasteiger partial charge in [-0.3, -0.25) is 4.79 Å². The van der Waals surface area contributed by atoms with Crippen molar-refractivity contribution in [1.82, 2.24) is 4.90 Å². The van der Waals surface area contributed by atoms with E-state index < -0.39 is 0 Å². The van der Waals surface area contributed by atoms with Crippen molar-refractivity contribution in [3.63, 3.8) is 0 Å². The Morgan fingerprint density at radius 3 is 2.50 bits per heavy atom. The van der Waals surface area contributed by atoms with Crippen molar-refractivity contribution in [2.24, 2.45) is 0 Å². The lowest BCUT2D eigenvalue weighted by Crippen LogP contribution is -2.24. The summed E-state index contributed by atoms with van der Waals surface area (Å²) in [5, 5.41) is 0. The molecule has 2 nitrogen and oxygen atoms in total. The van der Waals surface area contributed by atoms with E-state index >= 15 is 0 Å². The first-order valence-electron chi connectivity index (χ1n) is 4.68. The number of amides is 1. The van der Waals surface area contributed by atoms with Gasteiger partial charge in [-0.15, -0.1) is 0 Å². The third kappa shape index (κ3) is 4.16. The van der Waals surface area contributed by atoms with Gasteiger partial charge in [-0.1, -0.05) is 26.3 Å². The van der Waals surface area contributed by atoms with E-state index in [4.69, 9.17) is 0 Å². The van der Waals surface area contributed by atoms with E-state index in [1.165, 1.54) is 0 Å². The Labute approximate surface area is 75.3 Å². The summed E-state index contributed by atoms with van der Waals surface area (Å²) >= 11 is 0. The first-order chi connectivity index (χ1) is 5.76. The van der Waals surface area contributed by atoms with E-state index in [1.807, 2.05) is 6.92 Å². The highest BCUT2D eigenvalue weighted by molar-refractivity contribution is 5.76. The molecule has 2 heteroatoms. The summed E-state index contributed by atoms with van der Waals surface area (Å²) in [6, 6.07) is 0. The van der Waals surface area contributed by atoms with Crippen LogP contribution in [0.4, 0.5) is 0 Å². The SMILES string of the molecule is C=CN(CC)C(=O)CCCCC. The van der Waals surface area contributed by atoms with Gasteiger partial charge in [0.15, 0.2) is 0 Å². The molecule has 0 radical (unpaired) electrons. The van der Waals surface area contributed by atoms with E-state index in [0.717, 1.165) is 25.8 Å². The van der Waals surface area contributed by atoms with Crippen LogP contribution in [-0.4, -0.2) is 17.4 Å². The van der Waals surface area contributed by atoms with Crippen molar-refractivity contribution in [3.8, 4) is 0 Å². The van der Waals surface area contributed by atoms with Crippen LogP contribution in [-0.2, 0) is 4.79 Å². The predicted octanol–water partition coefficient (Wildman–Crippen LogP) is 2.56. The fraction of sp³-hybridized carbons (Fsp3) is 0.700. The van der Waals surface area contributed by atoms with Gasteiger partial charge in [0.1, 0.15) is 0 Å². The zero-order chi connectivity index (χ0) is 9.40. The number of unbranched alkanes of at least 4 members (excludes halogenated alkanes) is 2. The lowest BCUT2D eigenvalue weighted by Gasteiger charge is -2.14. The molecule has 0 fully saturated rings. The molecule has 0 heterocycles. The molecule has 0 saturated carbocycles. The maximum Gasteiger partial charge on any atom is 0.226 e. The van der Waals surface area contributed by atoms with E-state index in [9.17, 15) is 4.79 Å². The number of nitrogens with zero attached hydrogens (tertiary/aromatic N) is 1. The summed E-state index contributed by atoms with van der Waals surface area (Å²) < 4.78 is 0. The molecule has 0 bridgehead atoms. The summed E-state index contributed by atoms with van der Waals surface area (Å²) in [5.41, 5.74) is 0. The quantitative estimate of drug-likeness (QED) is 0.559. The van der Waals surface area contributed by atoms with Gasteiger partial charge in [-0.2, -0.15) is 0 Å². The minimum absolute atomic E-state index is 0.195. The van der Waals surface area contributed by atoms with E-state index in [2.05, 4.69) is 13.5 Å². The van der Waals surface area contributed by atoms with Gasteiger partial charge >= 0.3 is 0 Å². The minimum Gasteiger partial charge on any atom is -0.320 e. The second-order valence-electron chi connectivity index (χ2n) is 2.82. The van der Waals surface area contributed by atoms with Gasteiger partial charge in [0, 0.05) is 13.0 Å². The fourth-order valence-corrected chi connectivity index (χ4v) is 1.08. The second kappa shape index (κ2) is 6.89. The third-order valence-electron chi connectivity index (χ3n) is 1.88. The van der Waals surface area contributed by atoms with E-state index in [0.29, 0.717) is 6.42 Å². The predicted molar refractivity (Wildman–Crippen MR) is 51.7 cm³/mol. The highest BCUT2D eigenvalue weighted by atomic mass is 16.2. The topological polar surface area (TPSA) is 20.3 Å². The van der Waals surface area contributed by atoms with Gasteiger partial charge in [0.2, 0.25) is 5.91 Å². The summed E-state index contributed by atoms with van der Waals surface area (Å²) in [4.78, 5) is 13.0. The second-order valence-corrected chi connectivity index (χ2v) is 2.82. The highest BCUT2D eigenvalue weighted by Gasteiger charge is 2.06. The summed E-state index contributed by atoms with van der Waals surface area (Å²) in [5.74, 6) is 0.195. The molecule has 0 N–H and O–H groups in total. The van der Waals surface area contributed by atoms with Crippen molar-refractivity contribution >= 4 is 5.91 Å². The zero-order valence-corrected chi connectivity index (χ0v) is 8.18. The van der Waals surface area contributed by atoms with Crippen LogP contribution >= 0.6 is 0 Å². The van der Waals surface area contributed by atoms with E-state index in [1.54, 1.807) is 11.1 Å². The molecule has 0 aliphatic rings. The Bertz CT molecular complexity index is 143. The number of carbonyl (C=O) groups excluding carboxylic acids is 1. The van der Waals surface area contributed by atoms with Crippen LogP contribution in [0.25, 0.3) is 0 Å². The van der Waals surface area contributed by atoms with Gasteiger partial charge in [0.05, 0.1) is 0 Å². The van der Waals surface area contributed by atoms with Gasteiger partial charge in [0.25, 0.3) is 0 Å². The minimum atomic E-state index is 0.195. The summed E-state index contributed by atoms with van der Waals surface area (Å²) in [6.45, 7) is 8.41. The first kappa shape index (κ1) is 11.2. The molecule has 0 aliphatic carbocycles. The Hall–Kier alpha value is -0.790. The van der Waals surface area contributed by atoms with Crippen LogP contribution in [0.2, 0.25) is 0 Å². The largest absolute Gasteiger partial charge is 0.320 e. The average molecular weight is 169 g/mol. The van der Waals surface area contributed by atoms with Crippen molar-refractivity contribution in [2.75, 3.05) is 6.54 Å². The van der Waals surface area contributed by atoms with Crippen LogP contribution < -0.4 is 0 Å². The maximum absolute atomic E-state index is 11.3. The Morgan fingerprint density at radius 1 is 1.42 bits per heavy atom. The third-order valence-corrected chi connectivity index (χ3v) is 1.88. The normalized spacial score (nSPS) is 9.50. The van der Waals surface area contributed by atoms with Crippen molar-refractivity contribution in [2.45, 2.75) is 39.5 Å². The molecular weight excluding hydrogens is 150 g/mol. The number of hydrogen-bond acceptors (Lipinski definition) is 1. The molecule has 0 spiro atoms. The molecule has 0 atom stereocenters. The van der Waals surface area contributed by atoms with Crippen LogP contribution in [0, 0.1) is 0 Å². The Kier molecular flexibility index (Phi) is 6.44. The maximum atomic E-state index is 11.3. The molecule has 12 heavy (non-hydrogen) atoms. The van der Waals surface area contributed by atoms with Crippen molar-refractivity contribution in [1.29, 1.82) is 0 Å². The number of rotatable bonds is 6. The Morgan fingerprint density at radius 2 is 2.08 bits per heavy atom. The van der Waals surface area contributed by atoms with Gasteiger partial charge < -0.3 is 4.90 Å². The summed E-state index contributed by atoms with van der Waals surface area (Å²) in [7, 11) is 0. The van der Waals surface area contributed by atoms with Gasteiger partial charge in [-0.25, -0.2) is 0 Å². The van der Waals surface area contributed by atoms with E-state index in [-0.39, 0.29) is 5.91 Å². The van der Waals surface area contributed by atoms with Crippen LogP contribution in [0.5, 0.6) is 0 Å². The van der Waals surface area contributed by atoms with Crippen molar-refractivity contribution < 1.29 is 4.79 Å². The highest BCUT2D eigenvalue weighted by Crippen LogP contribution is 2.02. The van der Waals surface area contributed by atoms with Crippen molar-refractivity contribution in [3.05, 3.63) is 12.8 Å². The zero-order valence-electron chi connectivity index (χ0n) is 8.18. The molecule has 0 saturated heterocycles. The molecular formula is C10H19NO. The number of carbonyl (C=O) groups is 1. The first-order valence-corrected chi connectivity index (χ1v) is 4.68. The van der Waals surface area contributed by atoms with Crippen LogP contribution in [0.15, 0.2) is 12.8 Å². The average Bonchev–Trinajstić information content (AvgIpc) is 2.07. The molecule has 0 aliphatic heterocycles. The lowest BCUT2D eigenvalue weighted by atomic mass is 10.2.